The average Bonchev–Trinajstić information content (AvgIpc) is 1.89. The molecule has 0 aromatic heterocycles. The van der Waals surface area contributed by atoms with E-state index < -0.39 is 0 Å². The summed E-state index contributed by atoms with van der Waals surface area (Å²) in [5.74, 6) is 0.0926. The van der Waals surface area contributed by atoms with Crippen LogP contribution in [-0.4, -0.2) is 50.4 Å². The molecule has 1 amide bonds. The average molecular weight is 160 g/mol. The fraction of sp³-hybridized carbons (Fsp3) is 0.875. The first-order chi connectivity index (χ1) is 4.91. The molecule has 0 fully saturated rings. The molecule has 0 N–H and O–H groups in total. The molecule has 11 heavy (non-hydrogen) atoms. The lowest BCUT2D eigenvalue weighted by molar-refractivity contribution is -0.126. The minimum absolute atomic E-state index is 0.0926. The standard InChI is InChI=1S/C4H9NO.C4H11N/c1-4(6)5(2)3;1-4-5(2)3/h1-3H3;4H2,1-3H3. The van der Waals surface area contributed by atoms with Gasteiger partial charge < -0.3 is 9.80 Å². The van der Waals surface area contributed by atoms with E-state index in [1.807, 2.05) is 0 Å². The van der Waals surface area contributed by atoms with E-state index in [0.717, 1.165) is 6.54 Å². The van der Waals surface area contributed by atoms with Crippen molar-refractivity contribution in [3.8, 4) is 0 Å². The zero-order valence-electron chi connectivity index (χ0n) is 8.51. The molecule has 68 valence electrons. The van der Waals surface area contributed by atoms with Crippen LogP contribution in [0.3, 0.4) is 0 Å². The second-order valence-electron chi connectivity index (χ2n) is 2.81. The third kappa shape index (κ3) is 17.7. The first-order valence-corrected chi connectivity index (χ1v) is 3.74. The van der Waals surface area contributed by atoms with Crippen LogP contribution in [0.15, 0.2) is 0 Å². The van der Waals surface area contributed by atoms with Gasteiger partial charge in [-0.2, -0.15) is 0 Å². The first kappa shape index (κ1) is 13.1. The normalized spacial score (nSPS) is 8.64. The van der Waals surface area contributed by atoms with E-state index in [1.54, 1.807) is 14.1 Å². The molecule has 0 aliphatic heterocycles. The summed E-state index contributed by atoms with van der Waals surface area (Å²) in [6.45, 7) is 4.79. The molecule has 0 heterocycles. The van der Waals surface area contributed by atoms with Gasteiger partial charge in [-0.15, -0.1) is 0 Å². The Morgan fingerprint density at radius 1 is 1.18 bits per heavy atom. The number of amides is 1. The molecule has 3 heteroatoms. The van der Waals surface area contributed by atoms with E-state index in [1.165, 1.54) is 11.8 Å². The van der Waals surface area contributed by atoms with Gasteiger partial charge in [0.2, 0.25) is 5.91 Å². The summed E-state index contributed by atoms with van der Waals surface area (Å²) in [5.41, 5.74) is 0. The number of hydrogen-bond acceptors (Lipinski definition) is 2. The van der Waals surface area contributed by atoms with Gasteiger partial charge in [0.25, 0.3) is 0 Å². The number of carbonyl (C=O) groups is 1. The van der Waals surface area contributed by atoms with Crippen molar-refractivity contribution in [2.45, 2.75) is 13.8 Å². The Labute approximate surface area is 70.0 Å². The van der Waals surface area contributed by atoms with Crippen molar-refractivity contribution in [2.75, 3.05) is 34.7 Å². The van der Waals surface area contributed by atoms with E-state index in [4.69, 9.17) is 0 Å². The Morgan fingerprint density at radius 3 is 1.36 bits per heavy atom. The van der Waals surface area contributed by atoms with Gasteiger partial charge in [-0.25, -0.2) is 0 Å². The maximum absolute atomic E-state index is 10.1. The lowest BCUT2D eigenvalue weighted by Gasteiger charge is -2.02. The predicted molar refractivity (Wildman–Crippen MR) is 48.6 cm³/mol. The highest BCUT2D eigenvalue weighted by Gasteiger charge is 1.87. The summed E-state index contributed by atoms with van der Waals surface area (Å²) >= 11 is 0. The van der Waals surface area contributed by atoms with Crippen molar-refractivity contribution in [1.29, 1.82) is 0 Å². The van der Waals surface area contributed by atoms with Crippen LogP contribution < -0.4 is 0 Å². The number of hydrogen-bond donors (Lipinski definition) is 0. The molecule has 0 radical (unpaired) electrons. The summed E-state index contributed by atoms with van der Waals surface area (Å²) in [5, 5.41) is 0. The second kappa shape index (κ2) is 7.54. The third-order valence-electron chi connectivity index (χ3n) is 1.26. The van der Waals surface area contributed by atoms with Gasteiger partial charge in [0, 0.05) is 21.0 Å². The zero-order valence-corrected chi connectivity index (χ0v) is 8.51. The Kier molecular flexibility index (Phi) is 8.94. The molecule has 0 saturated heterocycles. The Balaban J connectivity index is 0. The van der Waals surface area contributed by atoms with Crippen LogP contribution in [0.5, 0.6) is 0 Å². The topological polar surface area (TPSA) is 23.6 Å². The summed E-state index contributed by atoms with van der Waals surface area (Å²) in [6.07, 6.45) is 0. The van der Waals surface area contributed by atoms with Crippen molar-refractivity contribution in [3.63, 3.8) is 0 Å². The van der Waals surface area contributed by atoms with Crippen molar-refractivity contribution in [3.05, 3.63) is 0 Å². The highest BCUT2D eigenvalue weighted by Crippen LogP contribution is 1.69. The summed E-state index contributed by atoms with van der Waals surface area (Å²) < 4.78 is 0. The molecule has 0 aliphatic carbocycles. The summed E-state index contributed by atoms with van der Waals surface area (Å²) in [4.78, 5) is 13.7. The minimum atomic E-state index is 0.0926. The van der Waals surface area contributed by atoms with Crippen LogP contribution in [-0.2, 0) is 4.79 Å². The molecule has 3 nitrogen and oxygen atoms in total. The molecule has 0 aliphatic rings. The highest BCUT2D eigenvalue weighted by atomic mass is 16.2. The van der Waals surface area contributed by atoms with Gasteiger partial charge in [-0.1, -0.05) is 6.92 Å². The van der Waals surface area contributed by atoms with Crippen LogP contribution in [0.25, 0.3) is 0 Å². The summed E-state index contributed by atoms with van der Waals surface area (Å²) in [7, 11) is 7.56. The van der Waals surface area contributed by atoms with E-state index in [-0.39, 0.29) is 5.91 Å². The SMILES string of the molecule is CC(=O)N(C)C.CCN(C)C. The first-order valence-electron chi connectivity index (χ1n) is 3.74. The molecule has 0 aromatic carbocycles. The smallest absolute Gasteiger partial charge is 0.218 e. The van der Waals surface area contributed by atoms with Crippen molar-refractivity contribution < 1.29 is 4.79 Å². The van der Waals surface area contributed by atoms with Gasteiger partial charge >= 0.3 is 0 Å². The Morgan fingerprint density at radius 2 is 1.36 bits per heavy atom. The molecular formula is C8H20N2O. The molecule has 0 spiro atoms. The number of carbonyl (C=O) groups excluding carboxylic acids is 1. The van der Waals surface area contributed by atoms with Crippen LogP contribution >= 0.6 is 0 Å². The Bertz CT molecular complexity index is 100. The van der Waals surface area contributed by atoms with Crippen LogP contribution in [0, 0.1) is 0 Å². The van der Waals surface area contributed by atoms with E-state index in [2.05, 4.69) is 25.9 Å². The zero-order chi connectivity index (χ0) is 9.44. The van der Waals surface area contributed by atoms with Gasteiger partial charge in [0.15, 0.2) is 0 Å². The monoisotopic (exact) mass is 160 g/mol. The van der Waals surface area contributed by atoms with Gasteiger partial charge in [0.1, 0.15) is 0 Å². The van der Waals surface area contributed by atoms with Crippen molar-refractivity contribution in [1.82, 2.24) is 9.80 Å². The maximum atomic E-state index is 10.1. The van der Waals surface area contributed by atoms with Crippen LogP contribution in [0.2, 0.25) is 0 Å². The number of nitrogens with zero attached hydrogens (tertiary/aromatic N) is 2. The van der Waals surface area contributed by atoms with Gasteiger partial charge in [0.05, 0.1) is 0 Å². The fourth-order valence-corrected chi connectivity index (χ4v) is 0. The van der Waals surface area contributed by atoms with Crippen molar-refractivity contribution >= 4 is 5.91 Å². The number of rotatable bonds is 1. The lowest BCUT2D eigenvalue weighted by Crippen LogP contribution is -2.17. The van der Waals surface area contributed by atoms with Crippen LogP contribution in [0.1, 0.15) is 13.8 Å². The molecule has 0 saturated carbocycles. The maximum Gasteiger partial charge on any atom is 0.218 e. The van der Waals surface area contributed by atoms with E-state index in [9.17, 15) is 4.79 Å². The van der Waals surface area contributed by atoms with Crippen LogP contribution in [0.4, 0.5) is 0 Å². The molecule has 0 rings (SSSR count). The second-order valence-corrected chi connectivity index (χ2v) is 2.81. The molecule has 0 bridgehead atoms. The summed E-state index contributed by atoms with van der Waals surface area (Å²) in [6, 6.07) is 0. The fourth-order valence-electron chi connectivity index (χ4n) is 0. The predicted octanol–water partition coefficient (Wildman–Crippen LogP) is 0.662. The third-order valence-corrected chi connectivity index (χ3v) is 1.26. The highest BCUT2D eigenvalue weighted by molar-refractivity contribution is 5.72. The van der Waals surface area contributed by atoms with Crippen molar-refractivity contribution in [2.24, 2.45) is 0 Å². The molecule has 0 unspecified atom stereocenters. The minimum Gasteiger partial charge on any atom is -0.349 e. The lowest BCUT2D eigenvalue weighted by atomic mass is 10.7. The van der Waals surface area contributed by atoms with Gasteiger partial charge in [-0.3, -0.25) is 4.79 Å². The quantitative estimate of drug-likeness (QED) is 0.562. The Hall–Kier alpha value is -0.570. The largest absolute Gasteiger partial charge is 0.349 e. The van der Waals surface area contributed by atoms with E-state index >= 15 is 0 Å². The molecule has 0 atom stereocenters. The van der Waals surface area contributed by atoms with E-state index in [0.29, 0.717) is 0 Å². The van der Waals surface area contributed by atoms with Gasteiger partial charge in [-0.05, 0) is 20.6 Å². The molecular weight excluding hydrogens is 140 g/mol. The molecule has 0 aromatic rings.